The van der Waals surface area contributed by atoms with Crippen molar-refractivity contribution in [2.24, 2.45) is 5.92 Å². The standard InChI is InChI=1S/C25H30N4O5S/c1-13(2)20(19-9-14(3)28-34-19)25(33)29-11-18(30)22(31)21(29)24(32)26-10-16-5-7-17(8-6-16)23-15(4)27-12-35-23/h5-9,12-13,18,20-22,30-31H,10-11H2,1-4H3,(H,26,32)/t18-,20+,21-,22-/m0/s1. The van der Waals surface area contributed by atoms with Crippen LogP contribution < -0.4 is 5.32 Å². The zero-order valence-electron chi connectivity index (χ0n) is 20.1. The number of aromatic nitrogens is 2. The number of rotatable bonds is 7. The fraction of sp³-hybridized carbons (Fsp3) is 0.440. The van der Waals surface area contributed by atoms with Crippen LogP contribution in [0.5, 0.6) is 0 Å². The molecule has 2 amide bonds. The second-order valence-electron chi connectivity index (χ2n) is 9.27. The zero-order valence-corrected chi connectivity index (χ0v) is 21.0. The number of amides is 2. The average molecular weight is 499 g/mol. The molecule has 0 radical (unpaired) electrons. The number of β-amino-alcohol motifs (C(OH)–C–C–N with tert-alkyl or cyclic N) is 1. The summed E-state index contributed by atoms with van der Waals surface area (Å²) < 4.78 is 5.34. The number of hydrogen-bond donors (Lipinski definition) is 3. The first-order chi connectivity index (χ1) is 16.7. The molecule has 3 N–H and O–H groups in total. The molecule has 1 aliphatic heterocycles. The van der Waals surface area contributed by atoms with E-state index in [9.17, 15) is 19.8 Å². The Bertz CT molecular complexity index is 1190. The number of aliphatic hydroxyl groups is 2. The predicted molar refractivity (Wildman–Crippen MR) is 130 cm³/mol. The van der Waals surface area contributed by atoms with Gasteiger partial charge < -0.3 is 25.0 Å². The summed E-state index contributed by atoms with van der Waals surface area (Å²) in [5, 5.41) is 27.5. The molecule has 3 aromatic rings. The first kappa shape index (κ1) is 25.0. The molecular formula is C25H30N4O5S. The van der Waals surface area contributed by atoms with Crippen LogP contribution in [0.15, 0.2) is 40.4 Å². The molecule has 2 aromatic heterocycles. The largest absolute Gasteiger partial charge is 0.388 e. The van der Waals surface area contributed by atoms with Crippen LogP contribution in [0.2, 0.25) is 0 Å². The van der Waals surface area contributed by atoms with Crippen molar-refractivity contribution < 1.29 is 24.3 Å². The van der Waals surface area contributed by atoms with Crippen molar-refractivity contribution in [2.45, 2.75) is 58.4 Å². The molecule has 9 nitrogen and oxygen atoms in total. The fourth-order valence-electron chi connectivity index (χ4n) is 4.43. The summed E-state index contributed by atoms with van der Waals surface area (Å²) in [6, 6.07) is 8.26. The Morgan fingerprint density at radius 1 is 1.23 bits per heavy atom. The maximum atomic E-state index is 13.5. The molecule has 4 rings (SSSR count). The number of aliphatic hydroxyl groups excluding tert-OH is 2. The molecular weight excluding hydrogens is 468 g/mol. The molecule has 1 aliphatic rings. The van der Waals surface area contributed by atoms with Gasteiger partial charge >= 0.3 is 0 Å². The van der Waals surface area contributed by atoms with Gasteiger partial charge in [0.25, 0.3) is 0 Å². The number of carbonyl (C=O) groups is 2. The first-order valence-corrected chi connectivity index (χ1v) is 12.4. The van der Waals surface area contributed by atoms with Crippen molar-refractivity contribution >= 4 is 23.2 Å². The summed E-state index contributed by atoms with van der Waals surface area (Å²) in [6.07, 6.45) is -2.61. The van der Waals surface area contributed by atoms with E-state index in [1.807, 2.05) is 45.0 Å². The summed E-state index contributed by atoms with van der Waals surface area (Å²) in [7, 11) is 0. The van der Waals surface area contributed by atoms with E-state index in [1.165, 1.54) is 4.90 Å². The maximum Gasteiger partial charge on any atom is 0.245 e. The van der Waals surface area contributed by atoms with Crippen molar-refractivity contribution in [1.82, 2.24) is 20.4 Å². The SMILES string of the molecule is Cc1cc([C@H](C(=O)N2C[C@H](O)[C@H](O)[C@H]2C(=O)NCc2ccc(-c3scnc3C)cc2)C(C)C)on1. The van der Waals surface area contributed by atoms with Crippen LogP contribution in [-0.2, 0) is 16.1 Å². The highest BCUT2D eigenvalue weighted by Gasteiger charge is 2.48. The number of nitrogens with zero attached hydrogens (tertiary/aromatic N) is 3. The van der Waals surface area contributed by atoms with Gasteiger partial charge in [0.2, 0.25) is 11.8 Å². The van der Waals surface area contributed by atoms with Gasteiger partial charge in [-0.15, -0.1) is 11.3 Å². The lowest BCUT2D eigenvalue weighted by molar-refractivity contribution is -0.142. The molecule has 3 heterocycles. The smallest absolute Gasteiger partial charge is 0.245 e. The minimum Gasteiger partial charge on any atom is -0.388 e. The minimum absolute atomic E-state index is 0.142. The second-order valence-corrected chi connectivity index (χ2v) is 10.1. The number of aryl methyl sites for hydroxylation is 2. The Morgan fingerprint density at radius 2 is 1.94 bits per heavy atom. The molecule has 0 saturated carbocycles. The van der Waals surface area contributed by atoms with Crippen molar-refractivity contribution in [3.05, 3.63) is 58.6 Å². The fourth-order valence-corrected chi connectivity index (χ4v) is 5.24. The summed E-state index contributed by atoms with van der Waals surface area (Å²) in [6.45, 7) is 7.54. The van der Waals surface area contributed by atoms with Gasteiger partial charge in [0, 0.05) is 12.6 Å². The van der Waals surface area contributed by atoms with Crippen LogP contribution in [0.3, 0.4) is 0 Å². The molecule has 1 saturated heterocycles. The van der Waals surface area contributed by atoms with Crippen molar-refractivity contribution in [2.75, 3.05) is 6.54 Å². The molecule has 0 bridgehead atoms. The molecule has 35 heavy (non-hydrogen) atoms. The number of carbonyl (C=O) groups excluding carboxylic acids is 2. The van der Waals surface area contributed by atoms with Gasteiger partial charge in [-0.25, -0.2) is 4.98 Å². The van der Waals surface area contributed by atoms with Crippen LogP contribution in [0, 0.1) is 19.8 Å². The Balaban J connectivity index is 1.47. The van der Waals surface area contributed by atoms with E-state index in [-0.39, 0.29) is 19.0 Å². The number of nitrogens with one attached hydrogen (secondary N) is 1. The molecule has 4 atom stereocenters. The highest BCUT2D eigenvalue weighted by atomic mass is 32.1. The monoisotopic (exact) mass is 498 g/mol. The van der Waals surface area contributed by atoms with E-state index in [0.717, 1.165) is 21.7 Å². The third-order valence-corrected chi connectivity index (χ3v) is 7.28. The maximum absolute atomic E-state index is 13.5. The molecule has 10 heteroatoms. The highest BCUT2D eigenvalue weighted by Crippen LogP contribution is 2.31. The zero-order chi connectivity index (χ0) is 25.3. The first-order valence-electron chi connectivity index (χ1n) is 11.5. The summed E-state index contributed by atoms with van der Waals surface area (Å²) in [5.74, 6) is -1.35. The lowest BCUT2D eigenvalue weighted by Gasteiger charge is -2.29. The lowest BCUT2D eigenvalue weighted by Crippen LogP contribution is -2.51. The van der Waals surface area contributed by atoms with Crippen LogP contribution in [0.4, 0.5) is 0 Å². The summed E-state index contributed by atoms with van der Waals surface area (Å²) in [4.78, 5) is 33.2. The normalized spacial score (nSPS) is 20.9. The van der Waals surface area contributed by atoms with Gasteiger partial charge in [-0.2, -0.15) is 0 Å². The van der Waals surface area contributed by atoms with Crippen LogP contribution in [-0.4, -0.2) is 61.9 Å². The number of benzene rings is 1. The summed E-state index contributed by atoms with van der Waals surface area (Å²) >= 11 is 1.57. The van der Waals surface area contributed by atoms with E-state index < -0.39 is 36.0 Å². The topological polar surface area (TPSA) is 129 Å². The molecule has 186 valence electrons. The Morgan fingerprint density at radius 3 is 2.51 bits per heavy atom. The highest BCUT2D eigenvalue weighted by molar-refractivity contribution is 7.13. The lowest BCUT2D eigenvalue weighted by atomic mass is 9.91. The van der Waals surface area contributed by atoms with Crippen LogP contribution >= 0.6 is 11.3 Å². The van der Waals surface area contributed by atoms with Gasteiger partial charge in [0.1, 0.15) is 23.8 Å². The van der Waals surface area contributed by atoms with Gasteiger partial charge in [0.15, 0.2) is 0 Å². The van der Waals surface area contributed by atoms with E-state index in [1.54, 1.807) is 29.8 Å². The van der Waals surface area contributed by atoms with Gasteiger partial charge in [-0.3, -0.25) is 9.59 Å². The van der Waals surface area contributed by atoms with Crippen LogP contribution in [0.1, 0.15) is 42.5 Å². The number of thiazole rings is 1. The number of hydrogen-bond acceptors (Lipinski definition) is 8. The molecule has 0 spiro atoms. The minimum atomic E-state index is -1.39. The Labute approximate surface area is 207 Å². The van der Waals surface area contributed by atoms with Gasteiger partial charge in [0.05, 0.1) is 34.4 Å². The third kappa shape index (κ3) is 5.14. The van der Waals surface area contributed by atoms with Crippen LogP contribution in [0.25, 0.3) is 10.4 Å². The second kappa shape index (κ2) is 10.3. The number of likely N-dealkylation sites (tertiary alicyclic amines) is 1. The van der Waals surface area contributed by atoms with Gasteiger partial charge in [-0.05, 0) is 30.9 Å². The molecule has 0 unspecified atom stereocenters. The summed E-state index contributed by atoms with van der Waals surface area (Å²) in [5.41, 5.74) is 5.34. The van der Waals surface area contributed by atoms with Crippen molar-refractivity contribution in [3.8, 4) is 10.4 Å². The molecule has 0 aliphatic carbocycles. The predicted octanol–water partition coefficient (Wildman–Crippen LogP) is 2.40. The Hall–Kier alpha value is -3.08. The molecule has 1 fully saturated rings. The third-order valence-electron chi connectivity index (χ3n) is 6.30. The van der Waals surface area contributed by atoms with Gasteiger partial charge in [-0.1, -0.05) is 43.3 Å². The van der Waals surface area contributed by atoms with E-state index >= 15 is 0 Å². The van der Waals surface area contributed by atoms with E-state index in [0.29, 0.717) is 11.5 Å². The quantitative estimate of drug-likeness (QED) is 0.456. The average Bonchev–Trinajstić information content (AvgIpc) is 3.52. The van der Waals surface area contributed by atoms with Crippen molar-refractivity contribution in [3.63, 3.8) is 0 Å². The molecule has 1 aromatic carbocycles. The van der Waals surface area contributed by atoms with Crippen molar-refractivity contribution in [1.29, 1.82) is 0 Å². The Kier molecular flexibility index (Phi) is 7.34. The van der Waals surface area contributed by atoms with E-state index in [2.05, 4.69) is 15.5 Å². The van der Waals surface area contributed by atoms with E-state index in [4.69, 9.17) is 4.52 Å².